The number of allylic oxidation sites excluding steroid dienone is 1. The molecule has 4 saturated heterocycles. The van der Waals surface area contributed by atoms with Crippen molar-refractivity contribution in [2.24, 2.45) is 17.3 Å². The van der Waals surface area contributed by atoms with Crippen LogP contribution in [0.4, 0.5) is 26.3 Å². The van der Waals surface area contributed by atoms with Crippen LogP contribution in [0, 0.1) is 17.3 Å². The lowest BCUT2D eigenvalue weighted by Crippen LogP contribution is -2.83. The van der Waals surface area contributed by atoms with Gasteiger partial charge < -0.3 is 28.8 Å². The highest BCUT2D eigenvalue weighted by Gasteiger charge is 2.98. The van der Waals surface area contributed by atoms with Crippen molar-refractivity contribution in [1.82, 2.24) is 0 Å². The minimum atomic E-state index is -4.68. The number of alkyl halides is 6. The van der Waals surface area contributed by atoms with Gasteiger partial charge in [0.2, 0.25) is 0 Å². The van der Waals surface area contributed by atoms with E-state index in [9.17, 15) is 41.0 Å². The molecule has 9 atom stereocenters. The SMILES string of the molecule is CC(C)[C@]12O[C@H]1[C@@H]1O[C@@]13[C@@]1(C)CCC4=C(/C(=C(\OC(=O)c5ccc(C(F)(F)F)cc5)c5ccc(C(F)(F)F)cc5)OC4=O)[C@@H]1C1C[C@@]3(O1)[C@@H]2O. The topological polar surface area (TPSA) is 107 Å². The first kappa shape index (κ1) is 32.2. The molecule has 6 fully saturated rings. The Labute approximate surface area is 281 Å². The van der Waals surface area contributed by atoms with Crippen LogP contribution in [0.25, 0.3) is 5.76 Å². The van der Waals surface area contributed by atoms with E-state index in [0.29, 0.717) is 36.1 Å². The second kappa shape index (κ2) is 9.58. The van der Waals surface area contributed by atoms with Crippen LogP contribution in [0.3, 0.4) is 0 Å². The number of carbonyl (C=O) groups is 2. The van der Waals surface area contributed by atoms with Crippen molar-refractivity contribution in [3.63, 3.8) is 0 Å². The summed E-state index contributed by atoms with van der Waals surface area (Å²) in [6.45, 7) is 5.96. The molecule has 0 radical (unpaired) electrons. The van der Waals surface area contributed by atoms with Gasteiger partial charge in [0.05, 0.1) is 22.8 Å². The molecule has 8 nitrogen and oxygen atoms in total. The van der Waals surface area contributed by atoms with Crippen LogP contribution < -0.4 is 0 Å². The molecule has 2 spiro atoms. The maximum Gasteiger partial charge on any atom is 0.416 e. The summed E-state index contributed by atoms with van der Waals surface area (Å²) in [5.41, 5.74) is -5.21. The summed E-state index contributed by atoms with van der Waals surface area (Å²) in [6, 6.07) is 6.94. The Hall–Kier alpha value is -3.72. The molecule has 5 aliphatic heterocycles. The normalized spacial score (nSPS) is 40.1. The molecule has 14 heteroatoms. The van der Waals surface area contributed by atoms with E-state index in [1.807, 2.05) is 20.8 Å². The third kappa shape index (κ3) is 3.77. The molecule has 2 saturated carbocycles. The fraction of sp³-hybridized carbons (Fsp3) is 0.500. The van der Waals surface area contributed by atoms with Gasteiger partial charge in [-0.3, -0.25) is 0 Å². The molecular weight excluding hydrogens is 674 g/mol. The molecule has 50 heavy (non-hydrogen) atoms. The predicted octanol–water partition coefficient (Wildman–Crippen LogP) is 6.37. The minimum Gasteiger partial charge on any atom is -0.419 e. The van der Waals surface area contributed by atoms with E-state index in [1.165, 1.54) is 0 Å². The van der Waals surface area contributed by atoms with Crippen molar-refractivity contribution >= 4 is 17.7 Å². The van der Waals surface area contributed by atoms with Gasteiger partial charge in [-0.2, -0.15) is 26.3 Å². The monoisotopic (exact) mass is 704 g/mol. The second-order valence-electron chi connectivity index (χ2n) is 14.8. The quantitative estimate of drug-likeness (QED) is 0.170. The molecule has 0 aromatic heterocycles. The number of halogens is 6. The van der Waals surface area contributed by atoms with E-state index in [2.05, 4.69) is 0 Å². The number of epoxide rings is 2. The van der Waals surface area contributed by atoms with Gasteiger partial charge in [-0.1, -0.05) is 32.9 Å². The Kier molecular flexibility index (Phi) is 6.17. The summed E-state index contributed by atoms with van der Waals surface area (Å²) >= 11 is 0. The molecule has 0 amide bonds. The fourth-order valence-corrected chi connectivity index (χ4v) is 9.99. The van der Waals surface area contributed by atoms with Crippen molar-refractivity contribution in [3.05, 3.63) is 87.7 Å². The van der Waals surface area contributed by atoms with Crippen molar-refractivity contribution in [2.45, 2.75) is 93.6 Å². The molecule has 1 N–H and O–H groups in total. The molecule has 2 aromatic rings. The maximum atomic E-state index is 13.5. The van der Waals surface area contributed by atoms with Gasteiger partial charge >= 0.3 is 24.3 Å². The van der Waals surface area contributed by atoms with E-state index in [0.717, 1.165) is 36.4 Å². The van der Waals surface area contributed by atoms with Crippen LogP contribution in [0.5, 0.6) is 0 Å². The number of esters is 2. The summed E-state index contributed by atoms with van der Waals surface area (Å²) < 4.78 is 111. The van der Waals surface area contributed by atoms with Gasteiger partial charge in [-0.15, -0.1) is 0 Å². The van der Waals surface area contributed by atoms with Crippen molar-refractivity contribution in [1.29, 1.82) is 0 Å². The molecule has 264 valence electrons. The van der Waals surface area contributed by atoms with E-state index in [-0.39, 0.29) is 47.2 Å². The summed E-state index contributed by atoms with van der Waals surface area (Å²) in [6.07, 6.45) is -10.5. The van der Waals surface area contributed by atoms with Crippen LogP contribution in [-0.4, -0.2) is 58.3 Å². The molecule has 2 bridgehead atoms. The molecule has 2 aromatic carbocycles. The average Bonchev–Trinajstić information content (AvgIpc) is 3.94. The number of aliphatic hydroxyl groups excluding tert-OH is 1. The van der Waals surface area contributed by atoms with Gasteiger partial charge in [0.15, 0.2) is 11.5 Å². The Morgan fingerprint density at radius 2 is 1.48 bits per heavy atom. The van der Waals surface area contributed by atoms with Gasteiger partial charge in [-0.25, -0.2) is 9.59 Å². The van der Waals surface area contributed by atoms with Crippen molar-refractivity contribution in [3.8, 4) is 0 Å². The number of aliphatic hydroxyl groups is 1. The predicted molar refractivity (Wildman–Crippen MR) is 157 cm³/mol. The van der Waals surface area contributed by atoms with E-state index in [1.54, 1.807) is 0 Å². The van der Waals surface area contributed by atoms with E-state index < -0.39 is 75.8 Å². The fourth-order valence-electron chi connectivity index (χ4n) is 9.99. The number of hydrogen-bond donors (Lipinski definition) is 1. The highest BCUT2D eigenvalue weighted by Crippen LogP contribution is 2.82. The number of fused-ring (bicyclic) bond motifs is 2. The number of hydrogen-bond acceptors (Lipinski definition) is 8. The van der Waals surface area contributed by atoms with Gasteiger partial charge in [-0.05, 0) is 55.2 Å². The summed E-state index contributed by atoms with van der Waals surface area (Å²) in [4.78, 5) is 27.0. The van der Waals surface area contributed by atoms with E-state index >= 15 is 0 Å². The van der Waals surface area contributed by atoms with Gasteiger partial charge in [0.25, 0.3) is 0 Å². The first-order chi connectivity index (χ1) is 23.4. The third-order valence-corrected chi connectivity index (χ3v) is 12.4. The van der Waals surface area contributed by atoms with Crippen molar-refractivity contribution < 1.29 is 64.7 Å². The highest BCUT2D eigenvalue weighted by molar-refractivity contribution is 5.99. The minimum absolute atomic E-state index is 0.0195. The van der Waals surface area contributed by atoms with Crippen LogP contribution in [0.15, 0.2) is 65.4 Å². The lowest BCUT2D eigenvalue weighted by Gasteiger charge is -2.70. The van der Waals surface area contributed by atoms with Gasteiger partial charge in [0.1, 0.15) is 35.1 Å². The van der Waals surface area contributed by atoms with Crippen molar-refractivity contribution in [2.75, 3.05) is 0 Å². The van der Waals surface area contributed by atoms with Crippen LogP contribution in [0.1, 0.15) is 67.1 Å². The number of rotatable bonds is 4. The standard InChI is InChI=1S/C36H30F6O8/c1-15(2)33-26(49-33)27-34(50-27)31(3)13-12-20-22(23(31)21-14-32(34,48-21)30(33)45)25(47-29(20)44)24(16-4-8-18(9-5-16)35(37,38)39)46-28(43)17-6-10-19(11-7-17)36(40,41)42/h4-11,15,21,23,26-27,30,45H,12-14H2,1-3H3/b25-24+/t21?,23-,26-,27-,30-,31-,32+,33-,34+/m0/s1. The summed E-state index contributed by atoms with van der Waals surface area (Å²) in [5, 5.41) is 11.9. The average molecular weight is 705 g/mol. The Morgan fingerprint density at radius 1 is 0.900 bits per heavy atom. The van der Waals surface area contributed by atoms with Crippen LogP contribution >= 0.6 is 0 Å². The van der Waals surface area contributed by atoms with Crippen LogP contribution in [-0.2, 0) is 40.8 Å². The maximum absolute atomic E-state index is 13.5. The third-order valence-electron chi connectivity index (χ3n) is 12.4. The number of carbonyl (C=O) groups excluding carboxylic acids is 2. The van der Waals surface area contributed by atoms with Gasteiger partial charge in [0, 0.05) is 34.5 Å². The summed E-state index contributed by atoms with van der Waals surface area (Å²) in [5.74, 6) is -3.00. The number of cyclic esters (lactones) is 1. The lowest BCUT2D eigenvalue weighted by atomic mass is 9.41. The summed E-state index contributed by atoms with van der Waals surface area (Å²) in [7, 11) is 0. The highest BCUT2D eigenvalue weighted by atomic mass is 19.4. The van der Waals surface area contributed by atoms with Crippen LogP contribution in [0.2, 0.25) is 0 Å². The largest absolute Gasteiger partial charge is 0.419 e. The molecule has 10 rings (SSSR count). The zero-order chi connectivity index (χ0) is 35.6. The second-order valence-corrected chi connectivity index (χ2v) is 14.8. The number of ether oxygens (including phenoxy) is 5. The zero-order valence-electron chi connectivity index (χ0n) is 26.8. The zero-order valence-corrected chi connectivity index (χ0v) is 26.8. The molecule has 8 aliphatic rings. The Balaban J connectivity index is 1.15. The van der Waals surface area contributed by atoms with E-state index in [4.69, 9.17) is 23.7 Å². The number of benzene rings is 2. The Morgan fingerprint density at radius 3 is 2.04 bits per heavy atom. The molecule has 1 unspecified atom stereocenters. The Bertz CT molecular complexity index is 1920. The first-order valence-electron chi connectivity index (χ1n) is 16.4. The molecular formula is C36H30F6O8. The molecule has 5 heterocycles. The lowest BCUT2D eigenvalue weighted by molar-refractivity contribution is -0.366. The smallest absolute Gasteiger partial charge is 0.416 e. The first-order valence-corrected chi connectivity index (χ1v) is 16.4. The molecule has 3 aliphatic carbocycles.